The lowest BCUT2D eigenvalue weighted by atomic mass is 9.80. The fourth-order valence-corrected chi connectivity index (χ4v) is 9.27. The van der Waals surface area contributed by atoms with E-state index in [1.165, 1.54) is 18.5 Å². The van der Waals surface area contributed by atoms with Gasteiger partial charge in [-0.25, -0.2) is 9.46 Å². The van der Waals surface area contributed by atoms with Gasteiger partial charge in [0.2, 0.25) is 11.8 Å². The second-order valence-electron chi connectivity index (χ2n) is 15.4. The molecule has 0 aliphatic carbocycles. The minimum Gasteiger partial charge on any atom is -0.497 e. The zero-order valence-electron chi connectivity index (χ0n) is 37.4. The van der Waals surface area contributed by atoms with Gasteiger partial charge in [-0.15, -0.1) is 0 Å². The summed E-state index contributed by atoms with van der Waals surface area (Å²) in [5.74, 6) is 0.784. The van der Waals surface area contributed by atoms with Crippen LogP contribution in [0.15, 0.2) is 89.9 Å². The summed E-state index contributed by atoms with van der Waals surface area (Å²) < 4.78 is 48.8. The number of ether oxygens (including phenoxy) is 5. The fourth-order valence-electron chi connectivity index (χ4n) is 7.51. The molecule has 1 unspecified atom stereocenters. The minimum atomic E-state index is -1.90. The maximum atomic E-state index is 14.0. The minimum absolute atomic E-state index is 0.00482. The van der Waals surface area contributed by atoms with Gasteiger partial charge in [0.1, 0.15) is 41.2 Å². The van der Waals surface area contributed by atoms with Gasteiger partial charge in [-0.3, -0.25) is 14.2 Å². The first-order chi connectivity index (χ1) is 30.3. The molecule has 4 aromatic rings. The summed E-state index contributed by atoms with van der Waals surface area (Å²) in [5, 5.41) is 14.7. The Morgan fingerprint density at radius 1 is 0.921 bits per heavy atom. The molecule has 2 N–H and O–H groups in total. The van der Waals surface area contributed by atoms with E-state index < -0.39 is 44.4 Å². The molecule has 5 atom stereocenters. The molecule has 1 aliphatic heterocycles. The van der Waals surface area contributed by atoms with Gasteiger partial charge in [0.25, 0.3) is 8.53 Å². The molecule has 0 radical (unpaired) electrons. The molecule has 5 rings (SSSR count). The molecule has 16 nitrogen and oxygen atoms in total. The van der Waals surface area contributed by atoms with E-state index in [0.29, 0.717) is 17.1 Å². The Bertz CT molecular complexity index is 2150. The van der Waals surface area contributed by atoms with E-state index in [2.05, 4.69) is 26.4 Å². The Balaban J connectivity index is 1.71. The zero-order valence-corrected chi connectivity index (χ0v) is 38.3. The predicted molar refractivity (Wildman–Crippen MR) is 238 cm³/mol. The van der Waals surface area contributed by atoms with Crippen LogP contribution < -0.4 is 25.8 Å². The van der Waals surface area contributed by atoms with E-state index in [-0.39, 0.29) is 62.4 Å². The second kappa shape index (κ2) is 22.9. The Morgan fingerprint density at radius 3 is 2.03 bits per heavy atom. The third kappa shape index (κ3) is 11.9. The van der Waals surface area contributed by atoms with Crippen molar-refractivity contribution in [3.05, 3.63) is 118 Å². The molecule has 1 fully saturated rings. The van der Waals surface area contributed by atoms with Crippen LogP contribution in [0.1, 0.15) is 75.9 Å². The average molecular weight is 887 g/mol. The van der Waals surface area contributed by atoms with Gasteiger partial charge >= 0.3 is 5.69 Å². The van der Waals surface area contributed by atoms with Crippen LogP contribution in [-0.2, 0) is 38.4 Å². The van der Waals surface area contributed by atoms with E-state index in [1.807, 2.05) is 107 Å². The van der Waals surface area contributed by atoms with E-state index >= 15 is 0 Å². The van der Waals surface area contributed by atoms with Gasteiger partial charge in [-0.2, -0.15) is 10.2 Å². The maximum Gasteiger partial charge on any atom is 0.351 e. The number of nitrogens with one attached hydrogen (secondary N) is 2. The largest absolute Gasteiger partial charge is 0.497 e. The van der Waals surface area contributed by atoms with Crippen LogP contribution in [0.3, 0.4) is 0 Å². The molecule has 338 valence electrons. The van der Waals surface area contributed by atoms with Crippen molar-refractivity contribution in [2.75, 3.05) is 46.4 Å². The highest BCUT2D eigenvalue weighted by molar-refractivity contribution is 7.44. The summed E-state index contributed by atoms with van der Waals surface area (Å²) >= 11 is 0. The van der Waals surface area contributed by atoms with Crippen LogP contribution in [0.5, 0.6) is 11.5 Å². The van der Waals surface area contributed by atoms with Gasteiger partial charge in [0.15, 0.2) is 6.23 Å². The van der Waals surface area contributed by atoms with Crippen LogP contribution in [0.4, 0.5) is 5.82 Å². The Hall–Kier alpha value is -5.24. The number of nitrogens with zero attached hydrogens (tertiary/aromatic N) is 4. The third-order valence-corrected chi connectivity index (χ3v) is 12.5. The van der Waals surface area contributed by atoms with Crippen molar-refractivity contribution in [3.63, 3.8) is 0 Å². The average Bonchev–Trinajstić information content (AvgIpc) is 3.60. The summed E-state index contributed by atoms with van der Waals surface area (Å²) in [6.45, 7) is 11.1. The first kappa shape index (κ1) is 48.8. The summed E-state index contributed by atoms with van der Waals surface area (Å²) in [6, 6.07) is 27.1. The quantitative estimate of drug-likeness (QED) is 0.0488. The summed E-state index contributed by atoms with van der Waals surface area (Å²) in [6.07, 6.45) is -2.46. The Morgan fingerprint density at radius 2 is 1.51 bits per heavy atom. The lowest BCUT2D eigenvalue weighted by Gasteiger charge is -2.39. The number of carbonyl (C=O) groups excluding carboxylic acids is 2. The van der Waals surface area contributed by atoms with Crippen molar-refractivity contribution in [2.45, 2.75) is 96.6 Å². The summed E-state index contributed by atoms with van der Waals surface area (Å²) in [7, 11) is 2.85. The highest BCUT2D eigenvalue weighted by Crippen LogP contribution is 2.51. The second-order valence-corrected chi connectivity index (χ2v) is 16.8. The highest BCUT2D eigenvalue weighted by Gasteiger charge is 2.52. The number of rotatable bonds is 22. The van der Waals surface area contributed by atoms with Gasteiger partial charge in [-0.1, -0.05) is 54.6 Å². The standard InChI is InChI=1S/C46H59N6O10P/c1-30(2)52(31(3)4)63(60-26-13-25-47)62-41-39(61-44(42(41)58-27-24-40(54)48-7)51-28-32(5)43(49-33(6)53)50-45(51)55)29-59-46(34-14-11-10-12-15-34,35-16-20-37(56-8)21-17-35)36-18-22-38(57-9)23-19-36/h10-12,14-23,28,30-31,39,41-42,44H,13,24,26-27,29H2,1-9H3,(H,48,54)(H,49,50,53,55)/t39-,41-,42-,44-,63?/m1/s1. The molecule has 1 aliphatic rings. The number of hydrogen-bond acceptors (Lipinski definition) is 13. The highest BCUT2D eigenvalue weighted by atomic mass is 31.2. The molecule has 1 saturated heterocycles. The SMILES string of the molecule is CNC(=O)CCO[C@@H]1[C@H](OP(OCCC#N)N(C(C)C)C(C)C)[C@@H](COC(c2ccccc2)(c2ccc(OC)cc2)c2ccc(OC)cc2)O[C@H]1n1cc(C)c(NC(C)=O)nc1=O. The van der Waals surface area contributed by atoms with Crippen LogP contribution in [0.25, 0.3) is 0 Å². The molecular formula is C46H59N6O10P. The first-order valence-electron chi connectivity index (χ1n) is 20.9. The molecule has 2 heterocycles. The van der Waals surface area contributed by atoms with Crippen LogP contribution in [0.2, 0.25) is 0 Å². The van der Waals surface area contributed by atoms with Crippen LogP contribution >= 0.6 is 8.53 Å². The number of aryl methyl sites for hydroxylation is 1. The van der Waals surface area contributed by atoms with Crippen molar-refractivity contribution < 1.29 is 42.3 Å². The number of nitriles is 1. The van der Waals surface area contributed by atoms with Crippen molar-refractivity contribution in [1.82, 2.24) is 19.5 Å². The lowest BCUT2D eigenvalue weighted by Crippen LogP contribution is -2.43. The number of aromatic nitrogens is 2. The first-order valence-corrected chi connectivity index (χ1v) is 22.0. The molecular weight excluding hydrogens is 828 g/mol. The van der Waals surface area contributed by atoms with Crippen molar-refractivity contribution in [2.24, 2.45) is 0 Å². The Labute approximate surface area is 370 Å². The molecule has 0 bridgehead atoms. The van der Waals surface area contributed by atoms with Gasteiger partial charge in [0, 0.05) is 44.2 Å². The van der Waals surface area contributed by atoms with Crippen LogP contribution in [0, 0.1) is 18.3 Å². The number of benzene rings is 3. The van der Waals surface area contributed by atoms with Crippen LogP contribution in [-0.4, -0.2) is 97.5 Å². The topological polar surface area (TPSA) is 185 Å². The lowest BCUT2D eigenvalue weighted by molar-refractivity contribution is -0.124. The zero-order chi connectivity index (χ0) is 45.7. The van der Waals surface area contributed by atoms with Crippen molar-refractivity contribution in [3.8, 4) is 17.6 Å². The van der Waals surface area contributed by atoms with E-state index in [9.17, 15) is 19.6 Å². The van der Waals surface area contributed by atoms with Crippen molar-refractivity contribution in [1.29, 1.82) is 5.26 Å². The number of amides is 2. The summed E-state index contributed by atoms with van der Waals surface area (Å²) in [5.41, 5.74) is 0.882. The molecule has 17 heteroatoms. The predicted octanol–water partition coefficient (Wildman–Crippen LogP) is 6.62. The van der Waals surface area contributed by atoms with E-state index in [4.69, 9.17) is 32.7 Å². The van der Waals surface area contributed by atoms with Gasteiger partial charge in [-0.05, 0) is 75.6 Å². The summed E-state index contributed by atoms with van der Waals surface area (Å²) in [4.78, 5) is 42.7. The number of anilines is 1. The molecule has 63 heavy (non-hydrogen) atoms. The van der Waals surface area contributed by atoms with Gasteiger partial charge in [0.05, 0.1) is 46.5 Å². The Kier molecular flexibility index (Phi) is 17.7. The molecule has 0 saturated carbocycles. The molecule has 0 spiro atoms. The number of hydrogen-bond donors (Lipinski definition) is 2. The smallest absolute Gasteiger partial charge is 0.351 e. The normalized spacial score (nSPS) is 18.0. The monoisotopic (exact) mass is 886 g/mol. The third-order valence-electron chi connectivity index (χ3n) is 10.4. The van der Waals surface area contributed by atoms with Gasteiger partial charge < -0.3 is 43.4 Å². The van der Waals surface area contributed by atoms with Crippen molar-refractivity contribution >= 4 is 26.2 Å². The van der Waals surface area contributed by atoms with E-state index in [0.717, 1.165) is 16.7 Å². The fraction of sp³-hybridized carbons (Fsp3) is 0.457. The molecule has 2 amide bonds. The molecule has 1 aromatic heterocycles. The maximum absolute atomic E-state index is 14.0. The number of carbonyl (C=O) groups is 2. The van der Waals surface area contributed by atoms with E-state index in [1.54, 1.807) is 27.3 Å². The molecule has 3 aromatic carbocycles. The number of methoxy groups -OCH3 is 2.